The minimum absolute atomic E-state index is 0.199. The predicted molar refractivity (Wildman–Crippen MR) is 130 cm³/mol. The van der Waals surface area contributed by atoms with Crippen molar-refractivity contribution in [2.24, 2.45) is 0 Å². The van der Waals surface area contributed by atoms with Crippen molar-refractivity contribution in [2.45, 2.75) is 26.1 Å². The van der Waals surface area contributed by atoms with Gasteiger partial charge in [0.1, 0.15) is 35.4 Å². The Hall–Kier alpha value is -1.65. The highest BCUT2D eigenvalue weighted by Crippen LogP contribution is 2.24. The van der Waals surface area contributed by atoms with E-state index >= 15 is 0 Å². The lowest BCUT2D eigenvalue weighted by atomic mass is 10.0. The second kappa shape index (κ2) is 11.5. The maximum atomic E-state index is 11.2. The summed E-state index contributed by atoms with van der Waals surface area (Å²) in [5.41, 5.74) is 5.61. The quantitative estimate of drug-likeness (QED) is 0.254. The largest absolute Gasteiger partial charge is 0.489 e. The Bertz CT molecular complexity index is 924. The number of carbonyl (C=O) groups is 1. The zero-order chi connectivity index (χ0) is 20.5. The van der Waals surface area contributed by atoms with Gasteiger partial charge in [0.15, 0.2) is 23.0 Å². The van der Waals surface area contributed by atoms with Gasteiger partial charge in [0, 0.05) is 0 Å². The van der Waals surface area contributed by atoms with Gasteiger partial charge >= 0.3 is 5.97 Å². The van der Waals surface area contributed by atoms with E-state index in [-0.39, 0.29) is 5.97 Å². The van der Waals surface area contributed by atoms with E-state index in [1.165, 1.54) is 0 Å². The number of hydrogen-bond donors (Lipinski definition) is 0. The van der Waals surface area contributed by atoms with Gasteiger partial charge in [0.05, 0.1) is 13.0 Å². The molecule has 0 unspecified atom stereocenters. The van der Waals surface area contributed by atoms with Crippen LogP contribution in [0.5, 0.6) is 5.75 Å². The van der Waals surface area contributed by atoms with Crippen LogP contribution in [-0.4, -0.2) is 5.97 Å². The Kier molecular flexibility index (Phi) is 8.75. The molecule has 0 bridgehead atoms. The Morgan fingerprint density at radius 1 is 0.759 bits per heavy atom. The zero-order valence-electron chi connectivity index (χ0n) is 15.6. The lowest BCUT2D eigenvalue weighted by Crippen LogP contribution is -1.98. The fourth-order valence-electron chi connectivity index (χ4n) is 2.93. The molecular formula is C23H20I2O4. The second-order valence-corrected chi connectivity index (χ2v) is 7.60. The summed E-state index contributed by atoms with van der Waals surface area (Å²) >= 11 is 3.52. The number of rotatable bonds is 9. The maximum absolute atomic E-state index is 11.2. The third kappa shape index (κ3) is 6.97. The molecular weight excluding hydrogens is 594 g/mol. The van der Waals surface area contributed by atoms with Gasteiger partial charge in [-0.3, -0.25) is 4.79 Å². The Morgan fingerprint density at radius 2 is 1.38 bits per heavy atom. The predicted octanol–water partition coefficient (Wildman–Crippen LogP) is 6.63. The van der Waals surface area contributed by atoms with Crippen molar-refractivity contribution in [1.29, 1.82) is 0 Å². The topological polar surface area (TPSA) is 44.8 Å². The number of halogens is 2. The molecule has 3 rings (SSSR count). The van der Waals surface area contributed by atoms with Crippen molar-refractivity contribution in [2.75, 3.05) is 0 Å². The number of carbonyl (C=O) groups excluding carboxylic acids is 1. The molecule has 6 heteroatoms. The van der Waals surface area contributed by atoms with Crippen LogP contribution < -0.4 is 4.74 Å². The molecule has 3 aromatic rings. The number of benzene rings is 3. The van der Waals surface area contributed by atoms with E-state index in [4.69, 9.17) is 7.80 Å². The van der Waals surface area contributed by atoms with Gasteiger partial charge < -0.3 is 10.9 Å². The van der Waals surface area contributed by atoms with Crippen molar-refractivity contribution >= 4 is 52.0 Å². The van der Waals surface area contributed by atoms with Gasteiger partial charge in [-0.25, -0.2) is 0 Å². The monoisotopic (exact) mass is 614 g/mol. The van der Waals surface area contributed by atoms with Crippen LogP contribution in [0.15, 0.2) is 72.8 Å². The van der Waals surface area contributed by atoms with Crippen LogP contribution in [0, 0.1) is 0 Å². The van der Waals surface area contributed by atoms with Crippen LogP contribution in [-0.2, 0) is 30.6 Å². The van der Waals surface area contributed by atoms with E-state index in [1.54, 1.807) is 23.0 Å². The van der Waals surface area contributed by atoms with Crippen LogP contribution in [0.4, 0.5) is 0 Å². The Labute approximate surface area is 198 Å². The summed E-state index contributed by atoms with van der Waals surface area (Å²) in [6.07, 6.45) is 1.07. The smallest absolute Gasteiger partial charge is 0.315 e. The molecule has 0 fully saturated rings. The van der Waals surface area contributed by atoms with E-state index in [0.717, 1.165) is 33.6 Å². The molecule has 0 atom stereocenters. The molecule has 150 valence electrons. The standard InChI is InChI=1S/C23H20I2O4/c24-28-16-19-3-1-2-18(14-19)15-27-22-11-9-21(10-12-22)20-7-4-17(5-8-20)6-13-23(26)29-25/h1-5,7-12,14H,6,13,15-16H2. The first-order valence-corrected chi connectivity index (χ1v) is 10.9. The molecule has 0 heterocycles. The van der Waals surface area contributed by atoms with Gasteiger partial charge in [0.25, 0.3) is 0 Å². The van der Waals surface area contributed by atoms with Gasteiger partial charge in [0.2, 0.25) is 0 Å². The molecule has 0 aromatic heterocycles. The molecule has 0 spiro atoms. The normalized spacial score (nSPS) is 10.6. The highest BCUT2D eigenvalue weighted by atomic mass is 127. The second-order valence-electron chi connectivity index (χ2n) is 6.53. The number of ether oxygens (including phenoxy) is 1. The van der Waals surface area contributed by atoms with Crippen molar-refractivity contribution in [3.05, 3.63) is 89.5 Å². The van der Waals surface area contributed by atoms with E-state index < -0.39 is 0 Å². The minimum atomic E-state index is -0.199. The first-order valence-electron chi connectivity index (χ1n) is 9.13. The molecule has 4 nitrogen and oxygen atoms in total. The summed E-state index contributed by atoms with van der Waals surface area (Å²) in [6.45, 7) is 1.10. The molecule has 0 radical (unpaired) electrons. The number of aryl methyl sites for hydroxylation is 1. The SMILES string of the molecule is O=C(CCc1ccc(-c2ccc(OCc3cccc(COI)c3)cc2)cc1)OI. The average molecular weight is 614 g/mol. The third-order valence-corrected chi connectivity index (χ3v) is 5.27. The molecule has 0 aliphatic heterocycles. The molecule has 0 aliphatic carbocycles. The van der Waals surface area contributed by atoms with Gasteiger partial charge in [-0.2, -0.15) is 0 Å². The molecule has 29 heavy (non-hydrogen) atoms. The highest BCUT2D eigenvalue weighted by Gasteiger charge is 2.04. The zero-order valence-corrected chi connectivity index (χ0v) is 20.0. The van der Waals surface area contributed by atoms with E-state index in [1.807, 2.05) is 65.5 Å². The van der Waals surface area contributed by atoms with E-state index in [9.17, 15) is 4.79 Å². The first-order chi connectivity index (χ1) is 14.2. The lowest BCUT2D eigenvalue weighted by molar-refractivity contribution is -0.131. The summed E-state index contributed by atoms with van der Waals surface area (Å²) in [5.74, 6) is 0.633. The van der Waals surface area contributed by atoms with Crippen LogP contribution in [0.1, 0.15) is 23.1 Å². The van der Waals surface area contributed by atoms with Gasteiger partial charge in [-0.1, -0.05) is 60.7 Å². The van der Waals surface area contributed by atoms with Crippen molar-refractivity contribution in [3.8, 4) is 16.9 Å². The summed E-state index contributed by atoms with van der Waals surface area (Å²) in [7, 11) is 0. The van der Waals surface area contributed by atoms with Crippen LogP contribution >= 0.6 is 46.0 Å². The van der Waals surface area contributed by atoms with Crippen molar-refractivity contribution < 1.29 is 15.7 Å². The third-order valence-electron chi connectivity index (χ3n) is 4.46. The highest BCUT2D eigenvalue weighted by molar-refractivity contribution is 14.1. The Balaban J connectivity index is 1.57. The molecule has 0 saturated carbocycles. The minimum Gasteiger partial charge on any atom is -0.489 e. The summed E-state index contributed by atoms with van der Waals surface area (Å²) < 4.78 is 15.7. The molecule has 0 amide bonds. The molecule has 3 aromatic carbocycles. The summed E-state index contributed by atoms with van der Waals surface area (Å²) in [6, 6.07) is 24.5. The van der Waals surface area contributed by atoms with Crippen molar-refractivity contribution in [1.82, 2.24) is 0 Å². The first kappa shape index (κ1) is 22.0. The van der Waals surface area contributed by atoms with E-state index in [0.29, 0.717) is 26.1 Å². The average Bonchev–Trinajstić information content (AvgIpc) is 2.77. The fourth-order valence-corrected chi connectivity index (χ4v) is 3.51. The Morgan fingerprint density at radius 3 is 2.00 bits per heavy atom. The molecule has 0 saturated heterocycles. The van der Waals surface area contributed by atoms with Gasteiger partial charge in [-0.05, 0) is 46.4 Å². The summed E-state index contributed by atoms with van der Waals surface area (Å²) in [4.78, 5) is 11.2. The summed E-state index contributed by atoms with van der Waals surface area (Å²) in [5, 5.41) is 0. The van der Waals surface area contributed by atoms with Crippen LogP contribution in [0.2, 0.25) is 0 Å². The van der Waals surface area contributed by atoms with E-state index in [2.05, 4.69) is 33.4 Å². The van der Waals surface area contributed by atoms with Gasteiger partial charge in [-0.15, -0.1) is 0 Å². The van der Waals surface area contributed by atoms with Crippen LogP contribution in [0.3, 0.4) is 0 Å². The molecule has 0 N–H and O–H groups in total. The van der Waals surface area contributed by atoms with Crippen LogP contribution in [0.25, 0.3) is 11.1 Å². The lowest BCUT2D eigenvalue weighted by Gasteiger charge is -2.09. The fraction of sp³-hybridized carbons (Fsp3) is 0.174. The maximum Gasteiger partial charge on any atom is 0.315 e. The molecule has 0 aliphatic rings. The van der Waals surface area contributed by atoms with Crippen molar-refractivity contribution in [3.63, 3.8) is 0 Å². The number of hydrogen-bond acceptors (Lipinski definition) is 4.